The zero-order valence-electron chi connectivity index (χ0n) is 16.2. The molecule has 1 aliphatic carbocycles. The van der Waals surface area contributed by atoms with Crippen molar-refractivity contribution in [2.75, 3.05) is 11.9 Å². The third kappa shape index (κ3) is 3.16. The van der Waals surface area contributed by atoms with E-state index in [2.05, 4.69) is 47.0 Å². The topological polar surface area (TPSA) is 30.3 Å². The van der Waals surface area contributed by atoms with E-state index in [4.69, 9.17) is 16.3 Å². The van der Waals surface area contributed by atoms with Crippen LogP contribution in [0.25, 0.3) is 11.1 Å². The maximum Gasteiger partial charge on any atom is 0.140 e. The molecule has 0 saturated heterocycles. The number of hydrogen-bond acceptors (Lipinski definition) is 3. The molecule has 1 aromatic heterocycles. The molecule has 28 heavy (non-hydrogen) atoms. The Bertz CT molecular complexity index is 1010. The minimum Gasteiger partial charge on any atom is -0.456 e. The quantitative estimate of drug-likeness (QED) is 0.536. The highest BCUT2D eigenvalue weighted by Gasteiger charge is 2.28. The van der Waals surface area contributed by atoms with Crippen LogP contribution in [0.4, 0.5) is 5.69 Å². The largest absolute Gasteiger partial charge is 0.456 e. The fourth-order valence-corrected chi connectivity index (χ4v) is 4.08. The van der Waals surface area contributed by atoms with Crippen molar-refractivity contribution < 1.29 is 4.74 Å². The number of hydrogen-bond donors (Lipinski definition) is 0. The van der Waals surface area contributed by atoms with Crippen molar-refractivity contribution in [2.45, 2.75) is 44.7 Å². The summed E-state index contributed by atoms with van der Waals surface area (Å²) >= 11 is 6.06. The summed E-state index contributed by atoms with van der Waals surface area (Å²) in [6, 6.07) is 13.1. The first kappa shape index (κ1) is 17.6. The van der Waals surface area contributed by atoms with E-state index in [-0.39, 0.29) is 0 Å². The third-order valence-corrected chi connectivity index (χ3v) is 6.21. The molecule has 1 fully saturated rings. The van der Waals surface area contributed by atoms with Gasteiger partial charge in [-0.15, -0.1) is 0 Å². The molecular weight excluding hydrogens is 370 g/mol. The van der Waals surface area contributed by atoms with Crippen molar-refractivity contribution in [3.8, 4) is 22.6 Å². The maximum absolute atomic E-state index is 6.46. The first-order valence-electron chi connectivity index (χ1n) is 9.97. The zero-order chi connectivity index (χ0) is 19.3. The number of ether oxygens (including phenoxy) is 1. The van der Waals surface area contributed by atoms with Crippen molar-refractivity contribution in [1.29, 1.82) is 0 Å². The Balaban J connectivity index is 1.61. The fraction of sp³-hybridized carbons (Fsp3) is 0.348. The van der Waals surface area contributed by atoms with E-state index in [1.165, 1.54) is 24.1 Å². The van der Waals surface area contributed by atoms with Gasteiger partial charge in [0.25, 0.3) is 0 Å². The van der Waals surface area contributed by atoms with E-state index in [9.17, 15) is 0 Å². The highest BCUT2D eigenvalue weighted by molar-refractivity contribution is 6.30. The minimum absolute atomic E-state index is 0.527. The Morgan fingerprint density at radius 2 is 1.86 bits per heavy atom. The summed E-state index contributed by atoms with van der Waals surface area (Å²) in [6.07, 6.45) is 8.69. The van der Waals surface area contributed by atoms with Gasteiger partial charge in [-0.25, -0.2) is 0 Å². The van der Waals surface area contributed by atoms with E-state index >= 15 is 0 Å². The van der Waals surface area contributed by atoms with Crippen LogP contribution in [0, 0.1) is 0 Å². The molecule has 3 aromatic rings. The van der Waals surface area contributed by atoms with Gasteiger partial charge in [0.2, 0.25) is 0 Å². The van der Waals surface area contributed by atoms with Crippen molar-refractivity contribution >= 4 is 17.3 Å². The molecule has 4 nitrogen and oxygen atoms in total. The number of nitrogens with zero attached hydrogens (tertiary/aromatic N) is 3. The summed E-state index contributed by atoms with van der Waals surface area (Å²) in [5.41, 5.74) is 4.73. The molecule has 5 rings (SSSR count). The minimum atomic E-state index is 0.527. The lowest BCUT2D eigenvalue weighted by Gasteiger charge is -2.35. The average molecular weight is 394 g/mol. The number of aromatic nitrogens is 2. The summed E-state index contributed by atoms with van der Waals surface area (Å²) in [4.78, 5) is 2.35. The predicted octanol–water partition coefficient (Wildman–Crippen LogP) is 6.10. The molecular formula is C23H24ClN3O. The van der Waals surface area contributed by atoms with E-state index in [0.29, 0.717) is 17.1 Å². The Morgan fingerprint density at radius 3 is 2.61 bits per heavy atom. The molecule has 1 atom stereocenters. The van der Waals surface area contributed by atoms with Crippen LogP contribution in [0.15, 0.2) is 48.8 Å². The number of rotatable bonds is 4. The summed E-state index contributed by atoms with van der Waals surface area (Å²) in [6.45, 7) is 2.27. The van der Waals surface area contributed by atoms with Crippen LogP contribution in [-0.4, -0.2) is 22.9 Å². The maximum atomic E-state index is 6.46. The summed E-state index contributed by atoms with van der Waals surface area (Å²) in [5, 5.41) is 5.30. The second-order valence-electron chi connectivity index (χ2n) is 7.93. The smallest absolute Gasteiger partial charge is 0.140 e. The van der Waals surface area contributed by atoms with E-state index in [1.54, 1.807) is 0 Å². The highest BCUT2D eigenvalue weighted by atomic mass is 35.5. The van der Waals surface area contributed by atoms with Crippen LogP contribution in [0.2, 0.25) is 5.02 Å². The van der Waals surface area contributed by atoms with Gasteiger partial charge in [-0.05, 0) is 69.0 Å². The monoisotopic (exact) mass is 393 g/mol. The number of halogens is 1. The zero-order valence-corrected chi connectivity index (χ0v) is 17.0. The Hall–Kier alpha value is -2.46. The molecule has 1 aliphatic heterocycles. The second-order valence-corrected chi connectivity index (χ2v) is 8.37. The van der Waals surface area contributed by atoms with Crippen LogP contribution in [0.1, 0.15) is 37.8 Å². The lowest BCUT2D eigenvalue weighted by Crippen LogP contribution is -2.33. The van der Waals surface area contributed by atoms with Crippen LogP contribution in [0.5, 0.6) is 11.5 Å². The van der Waals surface area contributed by atoms with Gasteiger partial charge in [0.05, 0.1) is 12.2 Å². The average Bonchev–Trinajstić information content (AvgIpc) is 3.44. The molecule has 0 N–H and O–H groups in total. The van der Waals surface area contributed by atoms with Gasteiger partial charge in [0.15, 0.2) is 0 Å². The van der Waals surface area contributed by atoms with Crippen molar-refractivity contribution in [3.05, 3.63) is 59.4 Å². The molecule has 0 spiro atoms. The van der Waals surface area contributed by atoms with Crippen LogP contribution >= 0.6 is 11.6 Å². The Labute approximate surface area is 170 Å². The van der Waals surface area contributed by atoms with Crippen LogP contribution in [-0.2, 0) is 6.42 Å². The Kier molecular flexibility index (Phi) is 4.31. The van der Waals surface area contributed by atoms with E-state index in [0.717, 1.165) is 35.5 Å². The van der Waals surface area contributed by atoms with Gasteiger partial charge in [0.1, 0.15) is 11.5 Å². The van der Waals surface area contributed by atoms with Gasteiger partial charge in [-0.2, -0.15) is 5.10 Å². The van der Waals surface area contributed by atoms with Gasteiger partial charge in [-0.1, -0.05) is 11.6 Å². The van der Waals surface area contributed by atoms with Crippen molar-refractivity contribution in [1.82, 2.24) is 9.78 Å². The third-order valence-electron chi connectivity index (χ3n) is 5.96. The summed E-state index contributed by atoms with van der Waals surface area (Å²) < 4.78 is 8.56. The lowest BCUT2D eigenvalue weighted by molar-refractivity contribution is 0.470. The van der Waals surface area contributed by atoms with Gasteiger partial charge >= 0.3 is 0 Å². The van der Waals surface area contributed by atoms with Gasteiger partial charge < -0.3 is 9.64 Å². The highest BCUT2D eigenvalue weighted by Crippen LogP contribution is 2.45. The second kappa shape index (κ2) is 6.85. The molecule has 1 saturated carbocycles. The van der Waals surface area contributed by atoms with Crippen LogP contribution < -0.4 is 9.64 Å². The molecule has 0 amide bonds. The lowest BCUT2D eigenvalue weighted by atomic mass is 9.93. The van der Waals surface area contributed by atoms with Gasteiger partial charge in [0, 0.05) is 46.7 Å². The first-order chi connectivity index (χ1) is 13.6. The molecule has 5 heteroatoms. The van der Waals surface area contributed by atoms with E-state index < -0.39 is 0 Å². The molecule has 144 valence electrons. The fourth-order valence-electron chi connectivity index (χ4n) is 3.95. The van der Waals surface area contributed by atoms with Crippen molar-refractivity contribution in [3.63, 3.8) is 0 Å². The number of fused-ring (bicyclic) bond motifs is 1. The predicted molar refractivity (Wildman–Crippen MR) is 114 cm³/mol. The SMILES string of the molecule is CC1CCc2c(ccc(-c3cnn(C4CC4)c3)c2Oc2ccc(Cl)cc2)N1C. The number of benzene rings is 2. The number of anilines is 1. The Morgan fingerprint density at radius 1 is 1.07 bits per heavy atom. The van der Waals surface area contributed by atoms with Crippen molar-refractivity contribution in [2.24, 2.45) is 0 Å². The van der Waals surface area contributed by atoms with Crippen LogP contribution in [0.3, 0.4) is 0 Å². The standard InChI is InChI=1S/C23H24ClN3O/c1-15-3-10-21-22(26(15)2)12-11-20(16-13-25-27(14-16)18-6-7-18)23(21)28-19-8-4-17(24)5-9-19/h4-5,8-9,11-15,18H,3,6-7,10H2,1-2H3. The summed E-state index contributed by atoms with van der Waals surface area (Å²) in [7, 11) is 2.17. The molecule has 0 bridgehead atoms. The summed E-state index contributed by atoms with van der Waals surface area (Å²) in [5.74, 6) is 1.74. The normalized spacial score (nSPS) is 18.8. The molecule has 2 heterocycles. The molecule has 2 aliphatic rings. The first-order valence-corrected chi connectivity index (χ1v) is 10.3. The van der Waals surface area contributed by atoms with E-state index in [1.807, 2.05) is 30.5 Å². The molecule has 0 radical (unpaired) electrons. The molecule has 1 unspecified atom stereocenters. The van der Waals surface area contributed by atoms with Gasteiger partial charge in [-0.3, -0.25) is 4.68 Å². The molecule has 2 aromatic carbocycles.